The number of halogens is 1. The number of aromatic nitrogens is 2. The molecular weight excluding hydrogens is 356 g/mol. The van der Waals surface area contributed by atoms with E-state index in [0.717, 1.165) is 43.4 Å². The fourth-order valence-corrected chi connectivity index (χ4v) is 2.94. The largest absolute Gasteiger partial charge is 0.496 e. The molecule has 0 saturated heterocycles. The van der Waals surface area contributed by atoms with Gasteiger partial charge in [-0.15, -0.1) is 0 Å². The van der Waals surface area contributed by atoms with Gasteiger partial charge in [0, 0.05) is 27.6 Å². The van der Waals surface area contributed by atoms with E-state index in [0.29, 0.717) is 0 Å². The Labute approximate surface area is 141 Å². The molecule has 0 fully saturated rings. The lowest BCUT2D eigenvalue weighted by Gasteiger charge is -2.02. The summed E-state index contributed by atoms with van der Waals surface area (Å²) in [6, 6.07) is 11.5. The van der Waals surface area contributed by atoms with Gasteiger partial charge in [0.15, 0.2) is 0 Å². The summed E-state index contributed by atoms with van der Waals surface area (Å²) in [5.74, 6) is 0.848. The van der Waals surface area contributed by atoms with Gasteiger partial charge in [0.05, 0.1) is 29.5 Å². The Bertz CT molecular complexity index is 922. The van der Waals surface area contributed by atoms with E-state index in [9.17, 15) is 0 Å². The minimum Gasteiger partial charge on any atom is -0.496 e. The molecule has 5 nitrogen and oxygen atoms in total. The van der Waals surface area contributed by atoms with Gasteiger partial charge in [0.1, 0.15) is 5.75 Å². The monoisotopic (exact) mass is 372 g/mol. The summed E-state index contributed by atoms with van der Waals surface area (Å²) < 4.78 is 6.24. The number of hydrogen-bond donors (Lipinski definition) is 4. The van der Waals surface area contributed by atoms with E-state index >= 15 is 0 Å². The molecule has 0 aliphatic rings. The number of ether oxygens (including phenoxy) is 1. The highest BCUT2D eigenvalue weighted by Crippen LogP contribution is 2.28. The second-order valence-corrected chi connectivity index (χ2v) is 5.88. The van der Waals surface area contributed by atoms with E-state index in [2.05, 4.69) is 25.9 Å². The maximum absolute atomic E-state index is 5.74. The lowest BCUT2D eigenvalue weighted by molar-refractivity contribution is 0.420. The van der Waals surface area contributed by atoms with Crippen LogP contribution in [0.15, 0.2) is 53.3 Å². The highest BCUT2D eigenvalue weighted by molar-refractivity contribution is 9.10. The number of benzene rings is 2. The third kappa shape index (κ3) is 2.85. The minimum absolute atomic E-state index is 0.746. The molecule has 118 valence electrons. The SMILES string of the molecule is COc1ccc(N)c2[nH]ccc12.Nc1ccc(Br)c2cc[nH]c12. The van der Waals surface area contributed by atoms with Crippen LogP contribution >= 0.6 is 15.9 Å². The van der Waals surface area contributed by atoms with Crippen molar-refractivity contribution in [2.24, 2.45) is 0 Å². The highest BCUT2D eigenvalue weighted by atomic mass is 79.9. The van der Waals surface area contributed by atoms with Gasteiger partial charge in [0.2, 0.25) is 0 Å². The fraction of sp³-hybridized carbons (Fsp3) is 0.0588. The second-order valence-electron chi connectivity index (χ2n) is 5.03. The fourth-order valence-electron chi connectivity index (χ4n) is 2.47. The van der Waals surface area contributed by atoms with Crippen molar-refractivity contribution in [2.45, 2.75) is 0 Å². The van der Waals surface area contributed by atoms with Crippen LogP contribution in [0.1, 0.15) is 0 Å². The number of nitrogens with one attached hydrogen (secondary N) is 2. The predicted octanol–water partition coefficient (Wildman–Crippen LogP) is 4.27. The Morgan fingerprint density at radius 2 is 1.39 bits per heavy atom. The standard InChI is InChI=1S/C9H10N2O.C8H7BrN2/c1-12-8-3-2-7(10)9-6(8)4-5-11-9;9-6-1-2-7(10)8-5(6)3-4-11-8/h2-5,11H,10H2,1H3;1-4,11H,10H2. The number of aromatic amines is 2. The molecule has 0 aliphatic carbocycles. The van der Waals surface area contributed by atoms with Crippen molar-refractivity contribution < 1.29 is 4.74 Å². The van der Waals surface area contributed by atoms with Crippen molar-refractivity contribution in [1.82, 2.24) is 9.97 Å². The first-order chi connectivity index (χ1) is 11.1. The number of nitrogen functional groups attached to an aromatic ring is 2. The van der Waals surface area contributed by atoms with E-state index in [4.69, 9.17) is 16.2 Å². The first-order valence-corrected chi connectivity index (χ1v) is 7.81. The van der Waals surface area contributed by atoms with Crippen molar-refractivity contribution in [3.8, 4) is 5.75 Å². The number of methoxy groups -OCH3 is 1. The number of fused-ring (bicyclic) bond motifs is 2. The Morgan fingerprint density at radius 1 is 0.826 bits per heavy atom. The summed E-state index contributed by atoms with van der Waals surface area (Å²) in [6.45, 7) is 0. The predicted molar refractivity (Wildman–Crippen MR) is 99.7 cm³/mol. The minimum atomic E-state index is 0.746. The first-order valence-electron chi connectivity index (χ1n) is 7.02. The van der Waals surface area contributed by atoms with E-state index in [1.54, 1.807) is 7.11 Å². The van der Waals surface area contributed by atoms with Crippen molar-refractivity contribution in [2.75, 3.05) is 18.6 Å². The van der Waals surface area contributed by atoms with E-state index in [-0.39, 0.29) is 0 Å². The molecular formula is C17H17BrN4O. The Kier molecular flexibility index (Phi) is 4.16. The number of rotatable bonds is 1. The van der Waals surface area contributed by atoms with Gasteiger partial charge in [-0.05, 0) is 36.4 Å². The average molecular weight is 373 g/mol. The van der Waals surface area contributed by atoms with Crippen LogP contribution in [-0.4, -0.2) is 17.1 Å². The maximum Gasteiger partial charge on any atom is 0.128 e. The molecule has 0 atom stereocenters. The third-order valence-corrected chi connectivity index (χ3v) is 4.33. The normalized spacial score (nSPS) is 10.5. The lowest BCUT2D eigenvalue weighted by atomic mass is 10.2. The van der Waals surface area contributed by atoms with Crippen molar-refractivity contribution >= 4 is 49.1 Å². The van der Waals surface area contributed by atoms with Crippen LogP contribution in [0.5, 0.6) is 5.75 Å². The quantitative estimate of drug-likeness (QED) is 0.376. The summed E-state index contributed by atoms with van der Waals surface area (Å²) in [4.78, 5) is 6.13. The van der Waals surface area contributed by atoms with Crippen molar-refractivity contribution in [3.05, 3.63) is 53.3 Å². The van der Waals surface area contributed by atoms with Gasteiger partial charge in [0.25, 0.3) is 0 Å². The summed E-state index contributed by atoms with van der Waals surface area (Å²) in [6.07, 6.45) is 3.73. The molecule has 0 radical (unpaired) electrons. The zero-order chi connectivity index (χ0) is 16.4. The molecule has 0 unspecified atom stereocenters. The molecule has 0 saturated carbocycles. The van der Waals surface area contributed by atoms with Crippen LogP contribution in [0.2, 0.25) is 0 Å². The molecule has 0 spiro atoms. The molecule has 4 rings (SSSR count). The van der Waals surface area contributed by atoms with Gasteiger partial charge in [-0.3, -0.25) is 0 Å². The first kappa shape index (κ1) is 15.3. The molecule has 23 heavy (non-hydrogen) atoms. The van der Waals surface area contributed by atoms with E-state index < -0.39 is 0 Å². The lowest BCUT2D eigenvalue weighted by Crippen LogP contribution is -1.88. The van der Waals surface area contributed by atoms with E-state index in [1.165, 1.54) is 0 Å². The van der Waals surface area contributed by atoms with Gasteiger partial charge in [-0.25, -0.2) is 0 Å². The number of H-pyrrole nitrogens is 2. The Balaban J connectivity index is 0.000000136. The molecule has 6 heteroatoms. The van der Waals surface area contributed by atoms with Crippen LogP contribution < -0.4 is 16.2 Å². The summed E-state index contributed by atoms with van der Waals surface area (Å²) in [5, 5.41) is 2.16. The van der Waals surface area contributed by atoms with Crippen LogP contribution in [0.4, 0.5) is 11.4 Å². The van der Waals surface area contributed by atoms with Crippen LogP contribution in [0.3, 0.4) is 0 Å². The van der Waals surface area contributed by atoms with Gasteiger partial charge in [-0.2, -0.15) is 0 Å². The number of nitrogens with two attached hydrogens (primary N) is 2. The highest BCUT2D eigenvalue weighted by Gasteiger charge is 2.03. The van der Waals surface area contributed by atoms with Gasteiger partial charge in [-0.1, -0.05) is 15.9 Å². The second kappa shape index (κ2) is 6.26. The zero-order valence-corrected chi connectivity index (χ0v) is 14.1. The van der Waals surface area contributed by atoms with Gasteiger partial charge < -0.3 is 26.2 Å². The van der Waals surface area contributed by atoms with Crippen LogP contribution in [0.25, 0.3) is 21.8 Å². The molecule has 0 amide bonds. The topological polar surface area (TPSA) is 92.8 Å². The van der Waals surface area contributed by atoms with Crippen molar-refractivity contribution in [3.63, 3.8) is 0 Å². The third-order valence-electron chi connectivity index (χ3n) is 3.64. The molecule has 2 aromatic heterocycles. The summed E-state index contributed by atoms with van der Waals surface area (Å²) >= 11 is 3.43. The Morgan fingerprint density at radius 3 is 2.00 bits per heavy atom. The molecule has 4 aromatic rings. The Hall–Kier alpha value is -2.60. The molecule has 2 heterocycles. The number of anilines is 2. The smallest absolute Gasteiger partial charge is 0.128 e. The summed E-state index contributed by atoms with van der Waals surface area (Å²) in [7, 11) is 1.65. The molecule has 0 bridgehead atoms. The zero-order valence-electron chi connectivity index (χ0n) is 12.6. The van der Waals surface area contributed by atoms with Gasteiger partial charge >= 0.3 is 0 Å². The molecule has 6 N–H and O–H groups in total. The average Bonchev–Trinajstić information content (AvgIpc) is 3.22. The molecule has 2 aromatic carbocycles. The maximum atomic E-state index is 5.74. The van der Waals surface area contributed by atoms with E-state index in [1.807, 2.05) is 48.8 Å². The molecule has 0 aliphatic heterocycles. The summed E-state index contributed by atoms with van der Waals surface area (Å²) in [5.41, 5.74) is 14.9. The number of hydrogen-bond acceptors (Lipinski definition) is 3. The van der Waals surface area contributed by atoms with Crippen LogP contribution in [-0.2, 0) is 0 Å². The van der Waals surface area contributed by atoms with Crippen LogP contribution in [0, 0.1) is 0 Å². The van der Waals surface area contributed by atoms with Crippen molar-refractivity contribution in [1.29, 1.82) is 0 Å².